The third-order valence-corrected chi connectivity index (χ3v) is 4.78. The van der Waals surface area contributed by atoms with E-state index in [0.717, 1.165) is 27.5 Å². The lowest BCUT2D eigenvalue weighted by molar-refractivity contribution is -0.136. The summed E-state index contributed by atoms with van der Waals surface area (Å²) in [5.41, 5.74) is 3.89. The Labute approximate surface area is 134 Å². The van der Waals surface area contributed by atoms with Gasteiger partial charge in [-0.1, -0.05) is 24.3 Å². The van der Waals surface area contributed by atoms with Crippen molar-refractivity contribution in [2.75, 3.05) is 27.7 Å². The molecule has 1 aromatic carbocycles. The number of benzene rings is 1. The monoisotopic (exact) mass is 316 g/mol. The summed E-state index contributed by atoms with van der Waals surface area (Å²) in [5, 5.41) is 1.08. The molecule has 0 spiro atoms. The van der Waals surface area contributed by atoms with E-state index in [0.29, 0.717) is 6.42 Å². The Morgan fingerprint density at radius 2 is 1.96 bits per heavy atom. The number of imide groups is 1. The number of aryl methyl sites for hydroxylation is 1. The average molecular weight is 316 g/mol. The fourth-order valence-electron chi connectivity index (χ4n) is 3.39. The molecule has 0 saturated carbocycles. The molecule has 0 radical (unpaired) electrons. The number of urea groups is 1. The van der Waals surface area contributed by atoms with Crippen LogP contribution in [0, 0.1) is 0 Å². The van der Waals surface area contributed by atoms with Gasteiger partial charge in [-0.05, 0) is 38.1 Å². The first-order valence-electron chi connectivity index (χ1n) is 7.53. The highest BCUT2D eigenvalue weighted by Gasteiger charge is 2.48. The lowest BCUT2D eigenvalue weighted by atomic mass is 9.89. The minimum atomic E-state index is -0.832. The molecule has 23 heavy (non-hydrogen) atoms. The Bertz CT molecular complexity index is 688. The first-order valence-corrected chi connectivity index (χ1v) is 7.53. The van der Waals surface area contributed by atoms with Gasteiger partial charge in [-0.15, -0.1) is 0 Å². The molecular weight excluding hydrogens is 296 g/mol. The molecule has 1 N–H and O–H groups in total. The van der Waals surface area contributed by atoms with E-state index in [9.17, 15) is 14.4 Å². The summed E-state index contributed by atoms with van der Waals surface area (Å²) in [6.45, 7) is -0.133. The van der Waals surface area contributed by atoms with Crippen LogP contribution >= 0.6 is 0 Å². The van der Waals surface area contributed by atoms with Crippen molar-refractivity contribution < 1.29 is 14.4 Å². The highest BCUT2D eigenvalue weighted by atomic mass is 16.2. The van der Waals surface area contributed by atoms with Gasteiger partial charge in [0.2, 0.25) is 0 Å². The minimum absolute atomic E-state index is 0.133. The number of rotatable bonds is 3. The van der Waals surface area contributed by atoms with Gasteiger partial charge in [0.25, 0.3) is 11.8 Å². The van der Waals surface area contributed by atoms with Crippen LogP contribution in [0.4, 0.5) is 4.79 Å². The topological polar surface area (TPSA) is 73.0 Å². The van der Waals surface area contributed by atoms with Gasteiger partial charge in [-0.25, -0.2) is 9.80 Å². The van der Waals surface area contributed by atoms with E-state index in [-0.39, 0.29) is 18.4 Å². The van der Waals surface area contributed by atoms with E-state index in [1.165, 1.54) is 7.05 Å². The van der Waals surface area contributed by atoms with Gasteiger partial charge in [0.15, 0.2) is 0 Å². The van der Waals surface area contributed by atoms with E-state index in [4.69, 9.17) is 0 Å². The van der Waals surface area contributed by atoms with Gasteiger partial charge in [-0.2, -0.15) is 0 Å². The maximum Gasteiger partial charge on any atom is 0.345 e. The number of carbonyl (C=O) groups excluding carboxylic acids is 3. The Morgan fingerprint density at radius 3 is 2.57 bits per heavy atom. The molecule has 3 rings (SSSR count). The van der Waals surface area contributed by atoms with E-state index < -0.39 is 11.6 Å². The van der Waals surface area contributed by atoms with Crippen LogP contribution in [-0.4, -0.2) is 60.3 Å². The maximum absolute atomic E-state index is 13.0. The van der Waals surface area contributed by atoms with Crippen LogP contribution in [0.15, 0.2) is 24.3 Å². The number of amides is 4. The largest absolute Gasteiger partial charge is 0.345 e. The summed E-state index contributed by atoms with van der Waals surface area (Å²) in [7, 11) is 5.11. The number of carbonyl (C=O) groups is 3. The lowest BCUT2D eigenvalue weighted by Crippen LogP contribution is -2.57. The highest BCUT2D eigenvalue weighted by Crippen LogP contribution is 2.40. The SMILES string of the molecule is CN1C(=O)CN(NC(=O)C2(N(C)C)CCc3ccccc32)C1=O. The third-order valence-electron chi connectivity index (χ3n) is 4.78. The number of likely N-dealkylation sites (N-methyl/N-ethyl adjacent to an activating group) is 2. The van der Waals surface area contributed by atoms with Crippen molar-refractivity contribution in [3.05, 3.63) is 35.4 Å². The quantitative estimate of drug-likeness (QED) is 0.815. The molecule has 4 amide bonds. The Morgan fingerprint density at radius 1 is 1.26 bits per heavy atom. The molecule has 0 aromatic heterocycles. The number of fused-ring (bicyclic) bond motifs is 1. The molecule has 1 fully saturated rings. The highest BCUT2D eigenvalue weighted by molar-refractivity contribution is 6.03. The molecule has 1 aromatic rings. The molecule has 1 saturated heterocycles. The van der Waals surface area contributed by atoms with Crippen molar-refractivity contribution >= 4 is 17.8 Å². The van der Waals surface area contributed by atoms with Crippen molar-refractivity contribution in [1.82, 2.24) is 20.2 Å². The van der Waals surface area contributed by atoms with Crippen molar-refractivity contribution in [3.63, 3.8) is 0 Å². The third kappa shape index (κ3) is 2.19. The van der Waals surface area contributed by atoms with Crippen LogP contribution in [0.1, 0.15) is 17.5 Å². The van der Waals surface area contributed by atoms with Gasteiger partial charge in [0.1, 0.15) is 12.1 Å². The molecule has 7 heteroatoms. The second-order valence-corrected chi connectivity index (χ2v) is 6.17. The van der Waals surface area contributed by atoms with Crippen molar-refractivity contribution in [2.24, 2.45) is 0 Å². The summed E-state index contributed by atoms with van der Waals surface area (Å²) in [4.78, 5) is 39.5. The summed E-state index contributed by atoms with van der Waals surface area (Å²) < 4.78 is 0. The standard InChI is InChI=1S/C16H20N4O3/c1-18(2)16(9-8-11-6-4-5-7-12(11)16)14(22)17-20-10-13(21)19(3)15(20)23/h4-7H,8-10H2,1-3H3,(H,17,22). The molecule has 1 aliphatic carbocycles. The first-order chi connectivity index (χ1) is 10.9. The summed E-state index contributed by atoms with van der Waals surface area (Å²) in [6.07, 6.45) is 1.44. The zero-order chi connectivity index (χ0) is 16.8. The van der Waals surface area contributed by atoms with Gasteiger partial charge in [0.05, 0.1) is 0 Å². The molecule has 1 aliphatic heterocycles. The molecule has 7 nitrogen and oxygen atoms in total. The van der Waals surface area contributed by atoms with E-state index in [1.807, 2.05) is 43.3 Å². The van der Waals surface area contributed by atoms with Gasteiger partial charge in [-0.3, -0.25) is 24.8 Å². The van der Waals surface area contributed by atoms with Gasteiger partial charge in [0, 0.05) is 7.05 Å². The number of nitrogens with zero attached hydrogens (tertiary/aromatic N) is 3. The predicted octanol–water partition coefficient (Wildman–Crippen LogP) is 0.315. The van der Waals surface area contributed by atoms with Crippen LogP contribution < -0.4 is 5.43 Å². The normalized spacial score (nSPS) is 23.7. The molecule has 1 unspecified atom stereocenters. The zero-order valence-corrected chi connectivity index (χ0v) is 13.5. The zero-order valence-electron chi connectivity index (χ0n) is 13.5. The average Bonchev–Trinajstić information content (AvgIpc) is 3.02. The molecular formula is C16H20N4O3. The van der Waals surface area contributed by atoms with Crippen molar-refractivity contribution in [1.29, 1.82) is 0 Å². The molecule has 0 bridgehead atoms. The second kappa shape index (κ2) is 5.34. The number of hydrazine groups is 1. The summed E-state index contributed by atoms with van der Waals surface area (Å²) >= 11 is 0. The Kier molecular flexibility index (Phi) is 3.60. The van der Waals surface area contributed by atoms with Crippen LogP contribution in [0.2, 0.25) is 0 Å². The smallest absolute Gasteiger partial charge is 0.292 e. The fourth-order valence-corrected chi connectivity index (χ4v) is 3.39. The minimum Gasteiger partial charge on any atom is -0.292 e. The van der Waals surface area contributed by atoms with Crippen LogP contribution in [0.5, 0.6) is 0 Å². The molecule has 2 aliphatic rings. The molecule has 1 atom stereocenters. The van der Waals surface area contributed by atoms with E-state index >= 15 is 0 Å². The van der Waals surface area contributed by atoms with Crippen molar-refractivity contribution in [3.8, 4) is 0 Å². The number of hydrogen-bond acceptors (Lipinski definition) is 4. The summed E-state index contributed by atoms with van der Waals surface area (Å²) in [5.74, 6) is -0.620. The van der Waals surface area contributed by atoms with Crippen molar-refractivity contribution in [2.45, 2.75) is 18.4 Å². The first kappa shape index (κ1) is 15.5. The molecule has 122 valence electrons. The Hall–Kier alpha value is -2.41. The lowest BCUT2D eigenvalue weighted by Gasteiger charge is -2.36. The predicted molar refractivity (Wildman–Crippen MR) is 83.1 cm³/mol. The Balaban J connectivity index is 1.91. The van der Waals surface area contributed by atoms with Crippen LogP contribution in [0.3, 0.4) is 0 Å². The van der Waals surface area contributed by atoms with Gasteiger partial charge >= 0.3 is 6.03 Å². The van der Waals surface area contributed by atoms with Crippen LogP contribution in [-0.2, 0) is 21.5 Å². The fraction of sp³-hybridized carbons (Fsp3) is 0.438. The molecule has 1 heterocycles. The maximum atomic E-state index is 13.0. The number of hydrogen-bond donors (Lipinski definition) is 1. The number of nitrogens with one attached hydrogen (secondary N) is 1. The second-order valence-electron chi connectivity index (χ2n) is 6.17. The van der Waals surface area contributed by atoms with Crippen LogP contribution in [0.25, 0.3) is 0 Å². The van der Waals surface area contributed by atoms with Gasteiger partial charge < -0.3 is 0 Å². The van der Waals surface area contributed by atoms with E-state index in [1.54, 1.807) is 0 Å². The van der Waals surface area contributed by atoms with E-state index in [2.05, 4.69) is 5.43 Å². The summed E-state index contributed by atoms with van der Waals surface area (Å²) in [6, 6.07) is 7.33.